The predicted molar refractivity (Wildman–Crippen MR) is 163 cm³/mol. The van der Waals surface area contributed by atoms with Gasteiger partial charge in [-0.05, 0) is 121 Å². The van der Waals surface area contributed by atoms with Crippen LogP contribution in [0.25, 0.3) is 0 Å². The molecule has 0 saturated carbocycles. The van der Waals surface area contributed by atoms with Crippen LogP contribution in [0, 0.1) is 11.8 Å². The van der Waals surface area contributed by atoms with E-state index in [9.17, 15) is 0 Å². The smallest absolute Gasteiger partial charge is 0.0511 e. The van der Waals surface area contributed by atoms with Gasteiger partial charge < -0.3 is 0 Å². The fourth-order valence-electron chi connectivity index (χ4n) is 7.16. The number of hydrogen-bond donors (Lipinski definition) is 0. The molecule has 0 atom stereocenters. The lowest BCUT2D eigenvalue weighted by molar-refractivity contribution is 0.658. The summed E-state index contributed by atoms with van der Waals surface area (Å²) in [7, 11) is 0. The highest BCUT2D eigenvalue weighted by atomic mass is 14.4. The minimum absolute atomic E-state index is 0.194. The fourth-order valence-corrected chi connectivity index (χ4v) is 7.16. The normalized spacial score (nSPS) is 14.2. The zero-order valence-corrected chi connectivity index (χ0v) is 22.2. The molecule has 6 aromatic carbocycles. The second-order valence-corrected chi connectivity index (χ2v) is 10.8. The summed E-state index contributed by atoms with van der Waals surface area (Å²) < 4.78 is 0. The Labute approximate surface area is 236 Å². The molecule has 0 aromatic heterocycles. The van der Waals surface area contributed by atoms with Crippen molar-refractivity contribution >= 4 is 0 Å². The van der Waals surface area contributed by atoms with Gasteiger partial charge >= 0.3 is 0 Å². The number of fused-ring (bicyclic) bond motifs is 4. The molecule has 186 valence electrons. The zero-order chi connectivity index (χ0) is 26.5. The second kappa shape index (κ2) is 9.36. The average Bonchev–Trinajstić information content (AvgIpc) is 3.03. The summed E-state index contributed by atoms with van der Waals surface area (Å²) in [5, 5.41) is 0. The summed E-state index contributed by atoms with van der Waals surface area (Å²) in [5.41, 5.74) is 13.5. The van der Waals surface area contributed by atoms with Gasteiger partial charge in [-0.15, -0.1) is 0 Å². The second-order valence-electron chi connectivity index (χ2n) is 10.8. The Morgan fingerprint density at radius 2 is 0.525 bits per heavy atom. The van der Waals surface area contributed by atoms with Crippen LogP contribution in [-0.2, 0) is 0 Å². The first-order valence-electron chi connectivity index (χ1n) is 14.1. The van der Waals surface area contributed by atoms with Crippen molar-refractivity contribution in [3.63, 3.8) is 0 Å². The van der Waals surface area contributed by atoms with Crippen LogP contribution in [0.5, 0.6) is 0 Å². The molecule has 0 radical (unpaired) electrons. The Balaban J connectivity index is 1.40. The van der Waals surface area contributed by atoms with Gasteiger partial charge in [-0.1, -0.05) is 36.4 Å². The molecule has 2 aliphatic rings. The van der Waals surface area contributed by atoms with Crippen LogP contribution in [0.15, 0.2) is 158 Å². The molecule has 0 saturated heterocycles. The van der Waals surface area contributed by atoms with Crippen molar-refractivity contribution in [3.05, 3.63) is 225 Å². The fraction of sp³-hybridized carbons (Fsp3) is 0.0500. The third-order valence-corrected chi connectivity index (χ3v) is 8.72. The molecule has 0 N–H and O–H groups in total. The standard InChI is InChI=1S/C40H28/c1-3-15-27(16-4-1)37-29-19-7-11-23-33(29)39(34-24-12-8-20-30(34)37)40-35-25-13-9-21-31(35)38(28-17-5-2-6-18-28)32-22-10-14-26-36(32)40/h1-26,39-40H/q+2. The third kappa shape index (κ3) is 3.46. The third-order valence-electron chi connectivity index (χ3n) is 8.72. The van der Waals surface area contributed by atoms with E-state index in [0.29, 0.717) is 0 Å². The zero-order valence-electron chi connectivity index (χ0n) is 22.2. The maximum absolute atomic E-state index is 2.36. The van der Waals surface area contributed by atoms with Gasteiger partial charge in [0, 0.05) is 22.3 Å². The van der Waals surface area contributed by atoms with Gasteiger partial charge in [0.2, 0.25) is 0 Å². The average molecular weight is 509 g/mol. The summed E-state index contributed by atoms with van der Waals surface area (Å²) in [6, 6.07) is 58.1. The molecule has 0 unspecified atom stereocenters. The highest BCUT2D eigenvalue weighted by Crippen LogP contribution is 2.56. The van der Waals surface area contributed by atoms with Crippen molar-refractivity contribution in [2.75, 3.05) is 0 Å². The monoisotopic (exact) mass is 508 g/mol. The number of hydrogen-bond acceptors (Lipinski definition) is 0. The Morgan fingerprint density at radius 1 is 0.275 bits per heavy atom. The summed E-state index contributed by atoms with van der Waals surface area (Å²) in [6.45, 7) is 0. The van der Waals surface area contributed by atoms with Crippen LogP contribution >= 0.6 is 0 Å². The van der Waals surface area contributed by atoms with E-state index in [-0.39, 0.29) is 11.8 Å². The molecular weight excluding hydrogens is 480 g/mol. The molecule has 0 nitrogen and oxygen atoms in total. The molecule has 0 aliphatic heterocycles. The predicted octanol–water partition coefficient (Wildman–Crippen LogP) is 9.32. The first-order chi connectivity index (χ1) is 19.9. The summed E-state index contributed by atoms with van der Waals surface area (Å²) in [5.74, 6) is 3.05. The van der Waals surface area contributed by atoms with Crippen molar-refractivity contribution in [2.45, 2.75) is 11.8 Å². The van der Waals surface area contributed by atoms with Gasteiger partial charge in [-0.3, -0.25) is 0 Å². The lowest BCUT2D eigenvalue weighted by Crippen LogP contribution is -2.29. The van der Waals surface area contributed by atoms with Crippen molar-refractivity contribution in [1.82, 2.24) is 0 Å². The molecule has 40 heavy (non-hydrogen) atoms. The molecule has 0 bridgehead atoms. The molecule has 0 spiro atoms. The molecule has 2 aliphatic carbocycles. The van der Waals surface area contributed by atoms with E-state index in [1.165, 1.54) is 67.5 Å². The quantitative estimate of drug-likeness (QED) is 0.209. The van der Waals surface area contributed by atoms with E-state index in [1.54, 1.807) is 0 Å². The van der Waals surface area contributed by atoms with E-state index < -0.39 is 0 Å². The van der Waals surface area contributed by atoms with E-state index >= 15 is 0 Å². The minimum Gasteiger partial charge on any atom is -0.0511 e. The Hall–Kier alpha value is -4.94. The van der Waals surface area contributed by atoms with Gasteiger partial charge in [-0.2, -0.15) is 0 Å². The summed E-state index contributed by atoms with van der Waals surface area (Å²) in [4.78, 5) is 0. The van der Waals surface area contributed by atoms with Crippen LogP contribution in [0.2, 0.25) is 0 Å². The van der Waals surface area contributed by atoms with Crippen molar-refractivity contribution in [2.24, 2.45) is 0 Å². The first-order valence-corrected chi connectivity index (χ1v) is 14.1. The van der Waals surface area contributed by atoms with Gasteiger partial charge in [0.15, 0.2) is 0 Å². The molecule has 6 aromatic rings. The van der Waals surface area contributed by atoms with Gasteiger partial charge in [-0.25, -0.2) is 0 Å². The largest absolute Gasteiger partial charge is 0.0698 e. The Morgan fingerprint density at radius 3 is 0.825 bits per heavy atom. The highest BCUT2D eigenvalue weighted by molar-refractivity contribution is 5.73. The molecule has 0 heteroatoms. The van der Waals surface area contributed by atoms with Crippen LogP contribution in [0.3, 0.4) is 0 Å². The summed E-state index contributed by atoms with van der Waals surface area (Å²) in [6.07, 6.45) is 0. The van der Waals surface area contributed by atoms with E-state index in [1.807, 2.05) is 0 Å². The topological polar surface area (TPSA) is 0 Å². The maximum atomic E-state index is 2.36. The van der Waals surface area contributed by atoms with Crippen LogP contribution in [0.1, 0.15) is 67.5 Å². The number of benzene rings is 6. The highest BCUT2D eigenvalue weighted by Gasteiger charge is 2.48. The maximum Gasteiger partial charge on any atom is 0.0698 e. The molecule has 0 heterocycles. The van der Waals surface area contributed by atoms with E-state index in [2.05, 4.69) is 158 Å². The summed E-state index contributed by atoms with van der Waals surface area (Å²) >= 11 is 0. The van der Waals surface area contributed by atoms with E-state index in [4.69, 9.17) is 0 Å². The van der Waals surface area contributed by atoms with Crippen molar-refractivity contribution < 1.29 is 0 Å². The van der Waals surface area contributed by atoms with Gasteiger partial charge in [0.05, 0.1) is 57.1 Å². The lowest BCUT2D eigenvalue weighted by Gasteiger charge is -2.37. The lowest BCUT2D eigenvalue weighted by atomic mass is 9.60. The molecule has 0 amide bonds. The molecule has 0 fully saturated rings. The first kappa shape index (κ1) is 23.0. The van der Waals surface area contributed by atoms with Crippen LogP contribution < -0.4 is 0 Å². The van der Waals surface area contributed by atoms with E-state index in [0.717, 1.165) is 0 Å². The minimum atomic E-state index is 0.194. The molecular formula is C40H28+2. The van der Waals surface area contributed by atoms with Gasteiger partial charge in [0.25, 0.3) is 0 Å². The van der Waals surface area contributed by atoms with Crippen LogP contribution in [-0.4, -0.2) is 0 Å². The molecule has 8 rings (SSSR count). The van der Waals surface area contributed by atoms with Crippen molar-refractivity contribution in [3.8, 4) is 0 Å². The number of rotatable bonds is 3. The Kier molecular flexibility index (Phi) is 5.38. The van der Waals surface area contributed by atoms with Crippen LogP contribution in [0.4, 0.5) is 0 Å². The van der Waals surface area contributed by atoms with Gasteiger partial charge in [0.1, 0.15) is 0 Å². The van der Waals surface area contributed by atoms with Crippen molar-refractivity contribution in [1.29, 1.82) is 0 Å². The SMILES string of the molecule is c1ccc([C+]2c3ccccc3C(C3c4ccccc4[C+](c4ccccc4)c4ccccc43)c3ccccc32)cc1. The Bertz CT molecular complexity index is 1580.